The Morgan fingerprint density at radius 2 is 1.57 bits per heavy atom. The Hall–Kier alpha value is -3.64. The topological polar surface area (TPSA) is 84.2 Å². The van der Waals surface area contributed by atoms with Crippen molar-refractivity contribution in [1.82, 2.24) is 15.8 Å². The van der Waals surface area contributed by atoms with E-state index in [1.54, 1.807) is 36.4 Å². The molecule has 0 saturated carbocycles. The quantitative estimate of drug-likeness (QED) is 0.512. The van der Waals surface area contributed by atoms with Crippen LogP contribution in [0.25, 0.3) is 22.2 Å². The van der Waals surface area contributed by atoms with E-state index in [2.05, 4.69) is 15.8 Å². The molecule has 0 atom stereocenters. The second-order valence-electron chi connectivity index (χ2n) is 5.94. The molecule has 6 nitrogen and oxygen atoms in total. The summed E-state index contributed by atoms with van der Waals surface area (Å²) >= 11 is 6.14. The Kier molecular flexibility index (Phi) is 4.78. The second kappa shape index (κ2) is 7.54. The smallest absolute Gasteiger partial charge is 0.305 e. The highest BCUT2D eigenvalue weighted by Gasteiger charge is 2.15. The van der Waals surface area contributed by atoms with Gasteiger partial charge in [-0.3, -0.25) is 20.4 Å². The highest BCUT2D eigenvalue weighted by Crippen LogP contribution is 2.28. The number of carbonyl (C=O) groups excluding carboxylic acids is 2. The minimum absolute atomic E-state index is 0.0432. The Balaban J connectivity index is 1.44. The molecule has 2 heterocycles. The van der Waals surface area contributed by atoms with Crippen molar-refractivity contribution in [3.05, 3.63) is 89.3 Å². The minimum Gasteiger partial charge on any atom is -0.451 e. The molecule has 0 saturated heterocycles. The van der Waals surface area contributed by atoms with Crippen LogP contribution in [0.15, 0.2) is 77.2 Å². The van der Waals surface area contributed by atoms with Crippen molar-refractivity contribution < 1.29 is 14.0 Å². The third-order valence-corrected chi connectivity index (χ3v) is 4.42. The summed E-state index contributed by atoms with van der Waals surface area (Å²) in [7, 11) is 0. The first-order chi connectivity index (χ1) is 13.6. The lowest BCUT2D eigenvalue weighted by atomic mass is 10.2. The van der Waals surface area contributed by atoms with E-state index in [1.807, 2.05) is 30.3 Å². The lowest BCUT2D eigenvalue weighted by Crippen LogP contribution is -2.41. The van der Waals surface area contributed by atoms with Gasteiger partial charge in [0.1, 0.15) is 11.5 Å². The Morgan fingerprint density at radius 1 is 0.821 bits per heavy atom. The van der Waals surface area contributed by atoms with Crippen LogP contribution in [0.2, 0.25) is 5.02 Å². The number of hydrogen-bond acceptors (Lipinski definition) is 4. The fraction of sp³-hybridized carbons (Fsp3) is 0. The SMILES string of the molecule is O=C(NNC(=O)c1ccc(-c2ccccc2Cl)o1)c1ccc2ccccc2n1. The molecule has 0 spiro atoms. The van der Waals surface area contributed by atoms with Gasteiger partial charge < -0.3 is 4.42 Å². The van der Waals surface area contributed by atoms with E-state index in [1.165, 1.54) is 6.07 Å². The van der Waals surface area contributed by atoms with Crippen LogP contribution in [-0.4, -0.2) is 16.8 Å². The van der Waals surface area contributed by atoms with Crippen LogP contribution >= 0.6 is 11.6 Å². The third kappa shape index (κ3) is 3.58. The molecule has 0 unspecified atom stereocenters. The summed E-state index contributed by atoms with van der Waals surface area (Å²) in [5, 5.41) is 1.44. The fourth-order valence-electron chi connectivity index (χ4n) is 2.70. The molecule has 4 rings (SSSR count). The number of carbonyl (C=O) groups is 2. The van der Waals surface area contributed by atoms with Crippen LogP contribution in [0.4, 0.5) is 0 Å². The first kappa shape index (κ1) is 17.8. The molecule has 28 heavy (non-hydrogen) atoms. The van der Waals surface area contributed by atoms with Crippen molar-refractivity contribution in [3.8, 4) is 11.3 Å². The number of furan rings is 1. The van der Waals surface area contributed by atoms with Crippen LogP contribution in [0.5, 0.6) is 0 Å². The molecule has 0 bridgehead atoms. The molecule has 2 N–H and O–H groups in total. The normalized spacial score (nSPS) is 10.6. The number of nitrogens with one attached hydrogen (secondary N) is 2. The van der Waals surface area contributed by atoms with Gasteiger partial charge in [0.05, 0.1) is 10.5 Å². The standard InChI is InChI=1S/C21H14ClN3O3/c22-15-7-3-2-6-14(15)18-11-12-19(28-18)21(27)25-24-20(26)17-10-9-13-5-1-4-8-16(13)23-17/h1-12H,(H,24,26)(H,25,27). The molecule has 2 aromatic carbocycles. The molecule has 0 radical (unpaired) electrons. The summed E-state index contributed by atoms with van der Waals surface area (Å²) < 4.78 is 5.54. The molecular weight excluding hydrogens is 378 g/mol. The van der Waals surface area contributed by atoms with Gasteiger partial charge in [-0.25, -0.2) is 4.98 Å². The van der Waals surface area contributed by atoms with Crippen molar-refractivity contribution >= 4 is 34.3 Å². The zero-order valence-electron chi connectivity index (χ0n) is 14.5. The Morgan fingerprint density at radius 3 is 2.43 bits per heavy atom. The zero-order valence-corrected chi connectivity index (χ0v) is 15.2. The third-order valence-electron chi connectivity index (χ3n) is 4.09. The molecule has 0 aliphatic heterocycles. The first-order valence-corrected chi connectivity index (χ1v) is 8.81. The summed E-state index contributed by atoms with van der Waals surface area (Å²) in [6.45, 7) is 0. The van der Waals surface area contributed by atoms with Gasteiger partial charge in [0, 0.05) is 10.9 Å². The van der Waals surface area contributed by atoms with Crippen molar-refractivity contribution in [2.24, 2.45) is 0 Å². The Bertz CT molecular complexity index is 1190. The number of pyridine rings is 1. The maximum atomic E-state index is 12.3. The predicted octanol–water partition coefficient (Wildman–Crippen LogP) is 4.22. The predicted molar refractivity (Wildman–Crippen MR) is 106 cm³/mol. The van der Waals surface area contributed by atoms with Crippen LogP contribution in [0.1, 0.15) is 21.0 Å². The monoisotopic (exact) mass is 391 g/mol. The zero-order chi connectivity index (χ0) is 19.5. The highest BCUT2D eigenvalue weighted by molar-refractivity contribution is 6.33. The minimum atomic E-state index is -0.590. The molecule has 0 aliphatic rings. The average molecular weight is 392 g/mol. The number of halogens is 1. The number of aromatic nitrogens is 1. The van der Waals surface area contributed by atoms with Crippen LogP contribution in [0.3, 0.4) is 0 Å². The van der Waals surface area contributed by atoms with E-state index >= 15 is 0 Å². The number of rotatable bonds is 3. The Labute approximate surface area is 165 Å². The van der Waals surface area contributed by atoms with E-state index < -0.39 is 11.8 Å². The van der Waals surface area contributed by atoms with Crippen LogP contribution in [-0.2, 0) is 0 Å². The van der Waals surface area contributed by atoms with E-state index in [0.717, 1.165) is 5.39 Å². The van der Waals surface area contributed by atoms with Gasteiger partial charge in [-0.2, -0.15) is 0 Å². The molecule has 4 aromatic rings. The summed E-state index contributed by atoms with van der Waals surface area (Å²) in [4.78, 5) is 28.8. The van der Waals surface area contributed by atoms with Crippen LogP contribution < -0.4 is 10.9 Å². The van der Waals surface area contributed by atoms with Crippen LogP contribution in [0, 0.1) is 0 Å². The second-order valence-corrected chi connectivity index (χ2v) is 6.35. The summed E-state index contributed by atoms with van der Waals surface area (Å²) in [6, 6.07) is 21.1. The lowest BCUT2D eigenvalue weighted by molar-refractivity contribution is 0.0829. The number of hydrazine groups is 1. The number of para-hydroxylation sites is 1. The highest BCUT2D eigenvalue weighted by atomic mass is 35.5. The van der Waals surface area contributed by atoms with E-state index in [-0.39, 0.29) is 11.5 Å². The first-order valence-electron chi connectivity index (χ1n) is 8.43. The molecule has 2 aromatic heterocycles. The average Bonchev–Trinajstić information content (AvgIpc) is 3.22. The molecular formula is C21H14ClN3O3. The molecule has 0 aliphatic carbocycles. The molecule has 138 valence electrons. The van der Waals surface area contributed by atoms with Gasteiger partial charge in [0.2, 0.25) is 0 Å². The van der Waals surface area contributed by atoms with Crippen molar-refractivity contribution in [1.29, 1.82) is 0 Å². The van der Waals surface area contributed by atoms with E-state index in [4.69, 9.17) is 16.0 Å². The van der Waals surface area contributed by atoms with Gasteiger partial charge in [-0.1, -0.05) is 48.0 Å². The summed E-state index contributed by atoms with van der Waals surface area (Å²) in [6.07, 6.45) is 0. The largest absolute Gasteiger partial charge is 0.451 e. The number of benzene rings is 2. The van der Waals surface area contributed by atoms with Gasteiger partial charge >= 0.3 is 5.91 Å². The molecule has 2 amide bonds. The molecule has 0 fully saturated rings. The number of nitrogens with zero attached hydrogens (tertiary/aromatic N) is 1. The van der Waals surface area contributed by atoms with Crippen molar-refractivity contribution in [3.63, 3.8) is 0 Å². The lowest BCUT2D eigenvalue weighted by Gasteiger charge is -2.06. The fourth-order valence-corrected chi connectivity index (χ4v) is 2.93. The van der Waals surface area contributed by atoms with E-state index in [9.17, 15) is 9.59 Å². The maximum absolute atomic E-state index is 12.3. The maximum Gasteiger partial charge on any atom is 0.305 e. The van der Waals surface area contributed by atoms with Gasteiger partial charge in [0.15, 0.2) is 5.76 Å². The van der Waals surface area contributed by atoms with E-state index in [0.29, 0.717) is 21.9 Å². The summed E-state index contributed by atoms with van der Waals surface area (Å²) in [5.74, 6) is -0.621. The van der Waals surface area contributed by atoms with Crippen molar-refractivity contribution in [2.75, 3.05) is 0 Å². The number of hydrogen-bond donors (Lipinski definition) is 2. The molecule has 7 heteroatoms. The van der Waals surface area contributed by atoms with Gasteiger partial charge in [-0.05, 0) is 36.4 Å². The summed E-state index contributed by atoms with van der Waals surface area (Å²) in [5.41, 5.74) is 6.21. The van der Waals surface area contributed by atoms with Crippen molar-refractivity contribution in [2.45, 2.75) is 0 Å². The number of amides is 2. The number of fused-ring (bicyclic) bond motifs is 1. The van der Waals surface area contributed by atoms with Gasteiger partial charge in [-0.15, -0.1) is 0 Å². The van der Waals surface area contributed by atoms with Gasteiger partial charge in [0.25, 0.3) is 5.91 Å².